The van der Waals surface area contributed by atoms with Gasteiger partial charge in [-0.05, 0) is 44.5 Å². The number of esters is 1. The van der Waals surface area contributed by atoms with Gasteiger partial charge in [-0.2, -0.15) is 0 Å². The second kappa shape index (κ2) is 6.92. The Morgan fingerprint density at radius 3 is 2.68 bits per heavy atom. The lowest BCUT2D eigenvalue weighted by Crippen LogP contribution is -2.28. The third-order valence-corrected chi connectivity index (χ3v) is 3.86. The number of nitrogens with zero attached hydrogens (tertiary/aromatic N) is 1. The summed E-state index contributed by atoms with van der Waals surface area (Å²) in [5.74, 6) is -0.153. The first-order valence-electron chi connectivity index (χ1n) is 6.86. The highest BCUT2D eigenvalue weighted by Crippen LogP contribution is 2.32. The minimum atomic E-state index is -0.153. The zero-order valence-electron chi connectivity index (χ0n) is 11.3. The van der Waals surface area contributed by atoms with Crippen LogP contribution in [0, 0.1) is 0 Å². The molecule has 0 amide bonds. The molecule has 0 bridgehead atoms. The van der Waals surface area contributed by atoms with Gasteiger partial charge in [0, 0.05) is 11.1 Å². The normalized spacial score (nSPS) is 17.4. The number of ether oxygens (including phenoxy) is 1. The summed E-state index contributed by atoms with van der Waals surface area (Å²) in [4.78, 5) is 14.1. The average Bonchev–Trinajstić information content (AvgIpc) is 2.91. The zero-order valence-corrected chi connectivity index (χ0v) is 12.0. The maximum absolute atomic E-state index is 11.8. The molecule has 0 aliphatic carbocycles. The molecule has 1 atom stereocenters. The largest absolute Gasteiger partial charge is 0.466 e. The molecule has 3 nitrogen and oxygen atoms in total. The second-order valence-corrected chi connectivity index (χ2v) is 5.20. The van der Waals surface area contributed by atoms with Crippen LogP contribution in [0.25, 0.3) is 0 Å². The first kappa shape index (κ1) is 14.4. The van der Waals surface area contributed by atoms with Crippen LogP contribution >= 0.6 is 11.6 Å². The van der Waals surface area contributed by atoms with E-state index >= 15 is 0 Å². The summed E-state index contributed by atoms with van der Waals surface area (Å²) in [5, 5.41) is 0.726. The molecule has 1 fully saturated rings. The van der Waals surface area contributed by atoms with Gasteiger partial charge in [-0.25, -0.2) is 0 Å². The molecule has 1 unspecified atom stereocenters. The fourth-order valence-electron chi connectivity index (χ4n) is 2.61. The fraction of sp³-hybridized carbons (Fsp3) is 0.533. The number of carbonyl (C=O) groups is 1. The fourth-order valence-corrected chi connectivity index (χ4v) is 2.87. The molecule has 4 heteroatoms. The van der Waals surface area contributed by atoms with Crippen LogP contribution in [0.3, 0.4) is 0 Å². The van der Waals surface area contributed by atoms with Gasteiger partial charge in [0.05, 0.1) is 13.0 Å². The van der Waals surface area contributed by atoms with Crippen molar-refractivity contribution in [3.8, 4) is 0 Å². The topological polar surface area (TPSA) is 29.5 Å². The lowest BCUT2D eigenvalue weighted by atomic mass is 10.0. The SMILES string of the molecule is CCOC(=O)CC(c1ccccc1Cl)N1CCCC1. The van der Waals surface area contributed by atoms with Gasteiger partial charge in [0.15, 0.2) is 0 Å². The maximum Gasteiger partial charge on any atom is 0.307 e. The zero-order chi connectivity index (χ0) is 13.7. The number of halogens is 1. The molecule has 0 aromatic heterocycles. The quantitative estimate of drug-likeness (QED) is 0.775. The van der Waals surface area contributed by atoms with E-state index in [1.807, 2.05) is 31.2 Å². The van der Waals surface area contributed by atoms with E-state index in [1.54, 1.807) is 0 Å². The van der Waals surface area contributed by atoms with Gasteiger partial charge < -0.3 is 4.74 Å². The van der Waals surface area contributed by atoms with E-state index in [1.165, 1.54) is 12.8 Å². The summed E-state index contributed by atoms with van der Waals surface area (Å²) >= 11 is 6.28. The molecule has 0 saturated carbocycles. The number of carbonyl (C=O) groups excluding carboxylic acids is 1. The summed E-state index contributed by atoms with van der Waals surface area (Å²) in [6, 6.07) is 7.80. The predicted octanol–water partition coefficient (Wildman–Crippen LogP) is 3.43. The third-order valence-electron chi connectivity index (χ3n) is 3.51. The Bertz CT molecular complexity index is 430. The molecular weight excluding hydrogens is 262 g/mol. The van der Waals surface area contributed by atoms with Crippen LogP contribution in [0.5, 0.6) is 0 Å². The highest BCUT2D eigenvalue weighted by molar-refractivity contribution is 6.31. The van der Waals surface area contributed by atoms with Crippen molar-refractivity contribution in [3.05, 3.63) is 34.9 Å². The van der Waals surface area contributed by atoms with Crippen LogP contribution in [0.4, 0.5) is 0 Å². The molecule has 0 spiro atoms. The Morgan fingerprint density at radius 2 is 2.05 bits per heavy atom. The molecule has 1 aliphatic heterocycles. The van der Waals surface area contributed by atoms with Crippen LogP contribution in [0.1, 0.15) is 37.8 Å². The lowest BCUT2D eigenvalue weighted by molar-refractivity contribution is -0.144. The van der Waals surface area contributed by atoms with Gasteiger partial charge in [0.2, 0.25) is 0 Å². The van der Waals surface area contributed by atoms with E-state index in [9.17, 15) is 4.79 Å². The van der Waals surface area contributed by atoms with Crippen molar-refractivity contribution < 1.29 is 9.53 Å². The first-order valence-corrected chi connectivity index (χ1v) is 7.24. The van der Waals surface area contributed by atoms with E-state index < -0.39 is 0 Å². The number of benzene rings is 1. The molecule has 1 heterocycles. The van der Waals surface area contributed by atoms with Gasteiger partial charge in [-0.15, -0.1) is 0 Å². The molecule has 1 saturated heterocycles. The second-order valence-electron chi connectivity index (χ2n) is 4.79. The summed E-state index contributed by atoms with van der Waals surface area (Å²) in [6.07, 6.45) is 2.74. The van der Waals surface area contributed by atoms with E-state index in [4.69, 9.17) is 16.3 Å². The standard InChI is InChI=1S/C15H20ClNO2/c1-2-19-15(18)11-14(17-9-5-6-10-17)12-7-3-4-8-13(12)16/h3-4,7-8,14H,2,5-6,9-11H2,1H3. The smallest absolute Gasteiger partial charge is 0.307 e. The Kier molecular flexibility index (Phi) is 5.23. The molecule has 104 valence electrons. The highest BCUT2D eigenvalue weighted by atomic mass is 35.5. The number of hydrogen-bond donors (Lipinski definition) is 0. The van der Waals surface area contributed by atoms with Crippen LogP contribution in [-0.4, -0.2) is 30.6 Å². The number of hydrogen-bond acceptors (Lipinski definition) is 3. The van der Waals surface area contributed by atoms with Gasteiger partial charge in [-0.1, -0.05) is 29.8 Å². The Hall–Kier alpha value is -1.06. The van der Waals surface area contributed by atoms with Crippen LogP contribution < -0.4 is 0 Å². The minimum Gasteiger partial charge on any atom is -0.466 e. The van der Waals surface area contributed by atoms with E-state index in [0.29, 0.717) is 13.0 Å². The van der Waals surface area contributed by atoms with Crippen molar-refractivity contribution in [1.82, 2.24) is 4.90 Å². The Labute approximate surface area is 119 Å². The van der Waals surface area contributed by atoms with E-state index in [-0.39, 0.29) is 12.0 Å². The minimum absolute atomic E-state index is 0.0373. The molecule has 1 aliphatic rings. The summed E-state index contributed by atoms with van der Waals surface area (Å²) in [7, 11) is 0. The number of likely N-dealkylation sites (tertiary alicyclic amines) is 1. The summed E-state index contributed by atoms with van der Waals surface area (Å²) in [5.41, 5.74) is 1.03. The first-order chi connectivity index (χ1) is 9.22. The maximum atomic E-state index is 11.8. The molecular formula is C15H20ClNO2. The predicted molar refractivity (Wildman–Crippen MR) is 76.3 cm³/mol. The lowest BCUT2D eigenvalue weighted by Gasteiger charge is -2.27. The molecule has 1 aromatic rings. The average molecular weight is 282 g/mol. The van der Waals surface area contributed by atoms with Crippen molar-refractivity contribution in [2.75, 3.05) is 19.7 Å². The van der Waals surface area contributed by atoms with Crippen molar-refractivity contribution in [2.45, 2.75) is 32.2 Å². The monoisotopic (exact) mass is 281 g/mol. The molecule has 1 aromatic carbocycles. The number of rotatable bonds is 5. The third kappa shape index (κ3) is 3.71. The van der Waals surface area contributed by atoms with Crippen molar-refractivity contribution in [2.24, 2.45) is 0 Å². The van der Waals surface area contributed by atoms with Crippen LogP contribution in [0.15, 0.2) is 24.3 Å². The summed E-state index contributed by atoms with van der Waals surface area (Å²) in [6.45, 7) is 4.30. The van der Waals surface area contributed by atoms with Gasteiger partial charge in [0.1, 0.15) is 0 Å². The van der Waals surface area contributed by atoms with Crippen molar-refractivity contribution >= 4 is 17.6 Å². The van der Waals surface area contributed by atoms with E-state index in [2.05, 4.69) is 4.90 Å². The molecule has 0 radical (unpaired) electrons. The molecule has 0 N–H and O–H groups in total. The van der Waals surface area contributed by atoms with Crippen molar-refractivity contribution in [1.29, 1.82) is 0 Å². The van der Waals surface area contributed by atoms with Crippen LogP contribution in [-0.2, 0) is 9.53 Å². The van der Waals surface area contributed by atoms with Gasteiger partial charge in [0.25, 0.3) is 0 Å². The Morgan fingerprint density at radius 1 is 1.37 bits per heavy atom. The van der Waals surface area contributed by atoms with Crippen molar-refractivity contribution in [3.63, 3.8) is 0 Å². The highest BCUT2D eigenvalue weighted by Gasteiger charge is 2.27. The van der Waals surface area contributed by atoms with Crippen LogP contribution in [0.2, 0.25) is 5.02 Å². The van der Waals surface area contributed by atoms with Gasteiger partial charge >= 0.3 is 5.97 Å². The molecule has 2 rings (SSSR count). The Balaban J connectivity index is 2.18. The van der Waals surface area contributed by atoms with E-state index in [0.717, 1.165) is 23.7 Å². The van der Waals surface area contributed by atoms with Gasteiger partial charge in [-0.3, -0.25) is 9.69 Å². The summed E-state index contributed by atoms with van der Waals surface area (Å²) < 4.78 is 5.08. The molecule has 19 heavy (non-hydrogen) atoms.